The highest BCUT2D eigenvalue weighted by atomic mass is 19.4. The Bertz CT molecular complexity index is 602. The van der Waals surface area contributed by atoms with Crippen molar-refractivity contribution in [1.29, 1.82) is 0 Å². The third kappa shape index (κ3) is 2.58. The number of aliphatic hydroxyl groups is 1. The molecule has 0 radical (unpaired) electrons. The maximum atomic E-state index is 13.7. The van der Waals surface area contributed by atoms with E-state index in [9.17, 15) is 27.9 Å². The van der Waals surface area contributed by atoms with E-state index in [1.54, 1.807) is 0 Å². The average Bonchev–Trinajstić information content (AvgIpc) is 3.01. The molecule has 146 valence electrons. The zero-order valence-electron chi connectivity index (χ0n) is 14.9. The lowest BCUT2D eigenvalue weighted by molar-refractivity contribution is -0.238. The van der Waals surface area contributed by atoms with Crippen LogP contribution in [0, 0.1) is 40.9 Å². The molecule has 4 saturated carbocycles. The van der Waals surface area contributed by atoms with Crippen molar-refractivity contribution in [3.05, 3.63) is 0 Å². The molecule has 4 aliphatic rings. The van der Waals surface area contributed by atoms with Crippen LogP contribution in [-0.2, 0) is 9.59 Å². The van der Waals surface area contributed by atoms with Crippen molar-refractivity contribution < 1.29 is 27.9 Å². The van der Waals surface area contributed by atoms with Crippen LogP contribution >= 0.6 is 0 Å². The second kappa shape index (κ2) is 6.32. The Morgan fingerprint density at radius 2 is 1.77 bits per heavy atom. The summed E-state index contributed by atoms with van der Waals surface area (Å²) >= 11 is 0. The summed E-state index contributed by atoms with van der Waals surface area (Å²) in [5, 5.41) is 9.60. The third-order valence-electron chi connectivity index (χ3n) is 8.37. The van der Waals surface area contributed by atoms with Gasteiger partial charge in [-0.05, 0) is 74.0 Å². The second-order valence-corrected chi connectivity index (χ2v) is 9.05. The zero-order chi connectivity index (χ0) is 18.7. The van der Waals surface area contributed by atoms with Crippen LogP contribution in [-0.4, -0.2) is 29.5 Å². The molecule has 4 rings (SSSR count). The van der Waals surface area contributed by atoms with Gasteiger partial charge in [-0.2, -0.15) is 13.2 Å². The van der Waals surface area contributed by atoms with Gasteiger partial charge in [0.15, 0.2) is 5.78 Å². The number of hydrogen-bond acceptors (Lipinski definition) is 3. The van der Waals surface area contributed by atoms with Crippen LogP contribution in [0.5, 0.6) is 0 Å². The van der Waals surface area contributed by atoms with Gasteiger partial charge < -0.3 is 5.11 Å². The molecule has 26 heavy (non-hydrogen) atoms. The number of carbonyl (C=O) groups is 2. The Balaban J connectivity index is 1.62. The lowest BCUT2D eigenvalue weighted by Crippen LogP contribution is -2.54. The van der Waals surface area contributed by atoms with E-state index in [2.05, 4.69) is 0 Å². The van der Waals surface area contributed by atoms with Crippen molar-refractivity contribution in [1.82, 2.24) is 0 Å². The number of carbonyl (C=O) groups excluding carboxylic acids is 2. The van der Waals surface area contributed by atoms with E-state index in [1.165, 1.54) is 0 Å². The minimum absolute atomic E-state index is 0.00583. The quantitative estimate of drug-likeness (QED) is 0.748. The molecule has 0 aromatic heterocycles. The third-order valence-corrected chi connectivity index (χ3v) is 8.37. The van der Waals surface area contributed by atoms with Gasteiger partial charge >= 0.3 is 6.18 Å². The van der Waals surface area contributed by atoms with E-state index in [0.717, 1.165) is 25.7 Å². The Morgan fingerprint density at radius 1 is 1.00 bits per heavy atom. The van der Waals surface area contributed by atoms with Crippen LogP contribution in [0.15, 0.2) is 0 Å². The smallest absolute Gasteiger partial charge is 0.394 e. The number of ketones is 2. The van der Waals surface area contributed by atoms with Crippen molar-refractivity contribution in [2.75, 3.05) is 6.61 Å². The molecule has 4 aliphatic carbocycles. The zero-order valence-corrected chi connectivity index (χ0v) is 14.9. The molecule has 0 spiro atoms. The maximum absolute atomic E-state index is 13.7. The number of aliphatic hydroxyl groups excluding tert-OH is 1. The molecule has 0 saturated heterocycles. The summed E-state index contributed by atoms with van der Waals surface area (Å²) in [5.74, 6) is -1.65. The topological polar surface area (TPSA) is 54.4 Å². The Morgan fingerprint density at radius 3 is 2.46 bits per heavy atom. The molecule has 4 fully saturated rings. The van der Waals surface area contributed by atoms with E-state index in [4.69, 9.17) is 0 Å². The number of fused-ring (bicyclic) bond motifs is 5. The average molecular weight is 372 g/mol. The Labute approximate surface area is 151 Å². The molecule has 6 heteroatoms. The van der Waals surface area contributed by atoms with Gasteiger partial charge in [0.05, 0.1) is 12.5 Å². The highest BCUT2D eigenvalue weighted by molar-refractivity contribution is 6.38. The number of rotatable bonds is 2. The van der Waals surface area contributed by atoms with Crippen LogP contribution in [0.4, 0.5) is 13.2 Å². The first-order chi connectivity index (χ1) is 12.3. The summed E-state index contributed by atoms with van der Waals surface area (Å²) in [5.41, 5.74) is -0.824. The van der Waals surface area contributed by atoms with Crippen LogP contribution in [0.25, 0.3) is 0 Å². The summed E-state index contributed by atoms with van der Waals surface area (Å²) in [6.07, 6.45) is 1.42. The predicted octanol–water partition coefficient (Wildman–Crippen LogP) is 3.93. The van der Waals surface area contributed by atoms with Crippen LogP contribution in [0.3, 0.4) is 0 Å². The minimum Gasteiger partial charge on any atom is -0.396 e. The van der Waals surface area contributed by atoms with E-state index in [0.29, 0.717) is 32.1 Å². The molecule has 3 unspecified atom stereocenters. The first-order valence-electron chi connectivity index (χ1n) is 10.0. The van der Waals surface area contributed by atoms with Gasteiger partial charge in [-0.1, -0.05) is 6.42 Å². The molecule has 0 aromatic rings. The van der Waals surface area contributed by atoms with Crippen LogP contribution in [0.1, 0.15) is 57.8 Å². The normalized spacial score (nSPS) is 44.2. The number of halogens is 3. The number of hydrogen-bond donors (Lipinski definition) is 1. The van der Waals surface area contributed by atoms with Crippen LogP contribution in [0.2, 0.25) is 0 Å². The van der Waals surface area contributed by atoms with Gasteiger partial charge in [0, 0.05) is 12.3 Å². The first-order valence-corrected chi connectivity index (χ1v) is 10.0. The van der Waals surface area contributed by atoms with Crippen molar-refractivity contribution in [2.24, 2.45) is 40.9 Å². The number of alkyl halides is 3. The fourth-order valence-corrected chi connectivity index (χ4v) is 7.44. The van der Waals surface area contributed by atoms with Crippen molar-refractivity contribution in [3.8, 4) is 0 Å². The van der Waals surface area contributed by atoms with E-state index >= 15 is 0 Å². The van der Waals surface area contributed by atoms with Gasteiger partial charge in [-0.25, -0.2) is 0 Å². The molecule has 7 atom stereocenters. The molecule has 0 bridgehead atoms. The van der Waals surface area contributed by atoms with Gasteiger partial charge in [0.25, 0.3) is 0 Å². The summed E-state index contributed by atoms with van der Waals surface area (Å²) in [6.45, 7) is -0.823. The SMILES string of the molecule is O=C1CC[C@H]2C(CC[C@@H]3[C@@H]2CCC2(C(CO)C(F)(F)F)CCC[C@@H]32)C1=O. The largest absolute Gasteiger partial charge is 0.396 e. The lowest BCUT2D eigenvalue weighted by Gasteiger charge is -2.56. The maximum Gasteiger partial charge on any atom is 0.394 e. The summed E-state index contributed by atoms with van der Waals surface area (Å²) in [4.78, 5) is 24.1. The number of Topliss-reactive ketones (excluding diaryl/α,β-unsaturated/α-hetero) is 2. The van der Waals surface area contributed by atoms with Crippen molar-refractivity contribution in [2.45, 2.75) is 64.0 Å². The summed E-state index contributed by atoms with van der Waals surface area (Å²) < 4.78 is 41.0. The molecular formula is C20H27F3O3. The first kappa shape index (κ1) is 18.5. The molecule has 3 nitrogen and oxygen atoms in total. The monoisotopic (exact) mass is 372 g/mol. The van der Waals surface area contributed by atoms with Crippen LogP contribution < -0.4 is 0 Å². The molecule has 1 N–H and O–H groups in total. The summed E-state index contributed by atoms with van der Waals surface area (Å²) in [6, 6.07) is 0. The molecule has 0 aromatic carbocycles. The fraction of sp³-hybridized carbons (Fsp3) is 0.900. The van der Waals surface area contributed by atoms with E-state index < -0.39 is 24.1 Å². The van der Waals surface area contributed by atoms with Crippen molar-refractivity contribution >= 4 is 11.6 Å². The van der Waals surface area contributed by atoms with Crippen molar-refractivity contribution in [3.63, 3.8) is 0 Å². The minimum atomic E-state index is -4.37. The van der Waals surface area contributed by atoms with Gasteiger partial charge in [0.1, 0.15) is 0 Å². The van der Waals surface area contributed by atoms with Gasteiger partial charge in [0.2, 0.25) is 5.78 Å². The van der Waals surface area contributed by atoms with E-state index in [1.807, 2.05) is 0 Å². The molecule has 0 heterocycles. The standard InChI is InChI=1S/C20H27F3O3/c21-20(22,23)17(10-24)19-8-1-2-15(19)13-3-4-14-11(12(13)7-9-19)5-6-16(25)18(14)26/h11-15,17,24H,1-10H2/t11-,12-,13-,14?,15+,17?,19?/m1/s1. The highest BCUT2D eigenvalue weighted by Crippen LogP contribution is 2.66. The lowest BCUT2D eigenvalue weighted by atomic mass is 9.48. The van der Waals surface area contributed by atoms with Gasteiger partial charge in [-0.3, -0.25) is 9.59 Å². The molecule has 0 aliphatic heterocycles. The molecular weight excluding hydrogens is 345 g/mol. The predicted molar refractivity (Wildman–Crippen MR) is 88.1 cm³/mol. The Hall–Kier alpha value is -0.910. The second-order valence-electron chi connectivity index (χ2n) is 9.05. The fourth-order valence-electron chi connectivity index (χ4n) is 7.44. The highest BCUT2D eigenvalue weighted by Gasteiger charge is 2.63. The summed E-state index contributed by atoms with van der Waals surface area (Å²) in [7, 11) is 0. The van der Waals surface area contributed by atoms with Gasteiger partial charge in [-0.15, -0.1) is 0 Å². The Kier molecular flexibility index (Phi) is 4.48. The van der Waals surface area contributed by atoms with E-state index in [-0.39, 0.29) is 41.2 Å². The molecule has 0 amide bonds.